The highest BCUT2D eigenvalue weighted by atomic mass is 16.5. The molecule has 2 fully saturated rings. The number of H-pyrrole nitrogens is 1. The second kappa shape index (κ2) is 6.04. The quantitative estimate of drug-likeness (QED) is 0.595. The van der Waals surface area contributed by atoms with E-state index >= 15 is 0 Å². The fraction of sp³-hybridized carbons (Fsp3) is 0.381. The highest BCUT2D eigenvalue weighted by molar-refractivity contribution is 5.90. The van der Waals surface area contributed by atoms with Crippen LogP contribution in [0.1, 0.15) is 19.8 Å². The van der Waals surface area contributed by atoms with Crippen molar-refractivity contribution in [2.75, 3.05) is 18.0 Å². The van der Waals surface area contributed by atoms with Gasteiger partial charge in [-0.2, -0.15) is 5.10 Å². The van der Waals surface area contributed by atoms with Crippen molar-refractivity contribution >= 4 is 27.8 Å². The Labute approximate surface area is 162 Å². The van der Waals surface area contributed by atoms with Crippen LogP contribution in [0.2, 0.25) is 0 Å². The molecule has 142 valence electrons. The van der Waals surface area contributed by atoms with E-state index in [0.29, 0.717) is 12.2 Å². The van der Waals surface area contributed by atoms with Crippen molar-refractivity contribution in [3.8, 4) is 11.4 Å². The number of aryl methyl sites for hydroxylation is 1. The van der Waals surface area contributed by atoms with Gasteiger partial charge in [0.1, 0.15) is 5.82 Å². The average molecular weight is 374 g/mol. The maximum Gasteiger partial charge on any atom is 0.164 e. The van der Waals surface area contributed by atoms with E-state index in [2.05, 4.69) is 46.2 Å². The smallest absolute Gasteiger partial charge is 0.164 e. The molecule has 1 aromatic carbocycles. The number of hydrogen-bond donors (Lipinski definition) is 1. The maximum absolute atomic E-state index is 6.03. The zero-order valence-corrected chi connectivity index (χ0v) is 15.8. The van der Waals surface area contributed by atoms with E-state index in [1.807, 2.05) is 17.1 Å². The Morgan fingerprint density at radius 2 is 2.00 bits per heavy atom. The minimum absolute atomic E-state index is 0.310. The SMILES string of the molecule is CCn1ncc2c(N3CC4CCC(C3)O4)nc(-c3ccc4[nH]ccc4c3)nc21. The molecule has 4 aromatic rings. The Kier molecular flexibility index (Phi) is 3.46. The van der Waals surface area contributed by atoms with Crippen molar-refractivity contribution in [3.05, 3.63) is 36.7 Å². The van der Waals surface area contributed by atoms with Crippen LogP contribution in [0.4, 0.5) is 5.82 Å². The largest absolute Gasteiger partial charge is 0.371 e. The van der Waals surface area contributed by atoms with Gasteiger partial charge in [0, 0.05) is 42.3 Å². The van der Waals surface area contributed by atoms with Gasteiger partial charge in [0.05, 0.1) is 23.8 Å². The molecule has 2 bridgehead atoms. The first-order chi connectivity index (χ1) is 13.8. The van der Waals surface area contributed by atoms with Crippen LogP contribution in [0.25, 0.3) is 33.3 Å². The van der Waals surface area contributed by atoms with Crippen molar-refractivity contribution in [1.82, 2.24) is 24.7 Å². The fourth-order valence-electron chi connectivity index (χ4n) is 4.52. The lowest BCUT2D eigenvalue weighted by Crippen LogP contribution is -2.43. The predicted octanol–water partition coefficient (Wildman–Crippen LogP) is 3.36. The van der Waals surface area contributed by atoms with Gasteiger partial charge in [-0.3, -0.25) is 0 Å². The van der Waals surface area contributed by atoms with E-state index in [1.54, 1.807) is 0 Å². The van der Waals surface area contributed by atoms with Crippen molar-refractivity contribution in [1.29, 1.82) is 0 Å². The summed E-state index contributed by atoms with van der Waals surface area (Å²) in [5.74, 6) is 1.73. The molecule has 2 atom stereocenters. The summed E-state index contributed by atoms with van der Waals surface area (Å²) in [5, 5.41) is 6.74. The number of morpholine rings is 1. The third-order valence-corrected chi connectivity index (χ3v) is 5.93. The van der Waals surface area contributed by atoms with Gasteiger partial charge in [-0.15, -0.1) is 0 Å². The van der Waals surface area contributed by atoms with Crippen molar-refractivity contribution in [2.45, 2.75) is 38.5 Å². The van der Waals surface area contributed by atoms with E-state index in [0.717, 1.165) is 71.6 Å². The lowest BCUT2D eigenvalue weighted by atomic mass is 10.1. The summed E-state index contributed by atoms with van der Waals surface area (Å²) in [6, 6.07) is 8.39. The van der Waals surface area contributed by atoms with Crippen LogP contribution >= 0.6 is 0 Å². The lowest BCUT2D eigenvalue weighted by molar-refractivity contribution is 0.0303. The minimum atomic E-state index is 0.310. The summed E-state index contributed by atoms with van der Waals surface area (Å²) < 4.78 is 7.98. The van der Waals surface area contributed by atoms with Crippen LogP contribution < -0.4 is 4.90 Å². The van der Waals surface area contributed by atoms with Gasteiger partial charge in [-0.1, -0.05) is 0 Å². The van der Waals surface area contributed by atoms with Gasteiger partial charge in [-0.25, -0.2) is 14.6 Å². The third-order valence-electron chi connectivity index (χ3n) is 5.93. The Balaban J connectivity index is 1.53. The molecule has 7 nitrogen and oxygen atoms in total. The van der Waals surface area contributed by atoms with Crippen LogP contribution in [0.15, 0.2) is 36.7 Å². The number of hydrogen-bond acceptors (Lipinski definition) is 5. The van der Waals surface area contributed by atoms with Gasteiger partial charge < -0.3 is 14.6 Å². The zero-order chi connectivity index (χ0) is 18.7. The van der Waals surface area contributed by atoms with E-state index in [9.17, 15) is 0 Å². The molecule has 0 amide bonds. The molecule has 5 heterocycles. The molecule has 2 aliphatic rings. The topological polar surface area (TPSA) is 71.9 Å². The lowest BCUT2D eigenvalue weighted by Gasteiger charge is -2.33. The molecule has 2 aliphatic heterocycles. The van der Waals surface area contributed by atoms with Crippen LogP contribution in [0.5, 0.6) is 0 Å². The number of benzene rings is 1. The van der Waals surface area contributed by atoms with Crippen LogP contribution in [-0.4, -0.2) is 50.0 Å². The molecule has 0 radical (unpaired) electrons. The minimum Gasteiger partial charge on any atom is -0.371 e. The molecule has 2 unspecified atom stereocenters. The summed E-state index contributed by atoms with van der Waals surface area (Å²) in [6.07, 6.45) is 6.76. The molecular weight excluding hydrogens is 352 g/mol. The van der Waals surface area contributed by atoms with E-state index in [1.165, 1.54) is 0 Å². The molecule has 6 rings (SSSR count). The third kappa shape index (κ3) is 2.43. The molecule has 1 N–H and O–H groups in total. The van der Waals surface area contributed by atoms with E-state index < -0.39 is 0 Å². The molecular formula is C21H22N6O. The number of nitrogens with one attached hydrogen (secondary N) is 1. The van der Waals surface area contributed by atoms with Gasteiger partial charge in [0.2, 0.25) is 0 Å². The maximum atomic E-state index is 6.03. The highest BCUT2D eigenvalue weighted by Crippen LogP contribution is 2.34. The Hall–Kier alpha value is -2.93. The molecule has 7 heteroatoms. The Morgan fingerprint density at radius 1 is 1.14 bits per heavy atom. The Morgan fingerprint density at radius 3 is 2.82 bits per heavy atom. The number of anilines is 1. The second-order valence-electron chi connectivity index (χ2n) is 7.71. The number of fused-ring (bicyclic) bond motifs is 4. The molecule has 0 saturated carbocycles. The van der Waals surface area contributed by atoms with Crippen molar-refractivity contribution < 1.29 is 4.74 Å². The standard InChI is InChI=1S/C21H22N6O/c1-2-27-21-17(10-23-27)20(26-11-15-4-5-16(12-26)28-15)24-19(25-21)14-3-6-18-13(9-14)7-8-22-18/h3,6-10,15-16,22H,2,4-5,11-12H2,1H3. The summed E-state index contributed by atoms with van der Waals surface area (Å²) >= 11 is 0. The number of rotatable bonds is 3. The molecule has 0 aliphatic carbocycles. The van der Waals surface area contributed by atoms with Gasteiger partial charge >= 0.3 is 0 Å². The predicted molar refractivity (Wildman–Crippen MR) is 108 cm³/mol. The normalized spacial score (nSPS) is 21.8. The van der Waals surface area contributed by atoms with Gasteiger partial charge in [0.25, 0.3) is 0 Å². The first kappa shape index (κ1) is 16.1. The van der Waals surface area contributed by atoms with Crippen LogP contribution in [0, 0.1) is 0 Å². The first-order valence-corrected chi connectivity index (χ1v) is 10.00. The monoisotopic (exact) mass is 374 g/mol. The molecule has 0 spiro atoms. The van der Waals surface area contributed by atoms with E-state index in [-0.39, 0.29) is 0 Å². The number of aromatic nitrogens is 5. The summed E-state index contributed by atoms with van der Waals surface area (Å²) in [5.41, 5.74) is 3.04. The van der Waals surface area contributed by atoms with Crippen molar-refractivity contribution in [2.24, 2.45) is 0 Å². The van der Waals surface area contributed by atoms with Crippen molar-refractivity contribution in [3.63, 3.8) is 0 Å². The molecule has 2 saturated heterocycles. The van der Waals surface area contributed by atoms with Gasteiger partial charge in [0.15, 0.2) is 11.5 Å². The summed E-state index contributed by atoms with van der Waals surface area (Å²) in [6.45, 7) is 4.64. The Bertz CT molecular complexity index is 1170. The molecule has 28 heavy (non-hydrogen) atoms. The highest BCUT2D eigenvalue weighted by Gasteiger charge is 2.35. The summed E-state index contributed by atoms with van der Waals surface area (Å²) in [7, 11) is 0. The fourth-order valence-corrected chi connectivity index (χ4v) is 4.52. The first-order valence-electron chi connectivity index (χ1n) is 10.00. The zero-order valence-electron chi connectivity index (χ0n) is 15.8. The van der Waals surface area contributed by atoms with E-state index in [4.69, 9.17) is 14.7 Å². The number of nitrogens with zero attached hydrogens (tertiary/aromatic N) is 5. The molecule has 3 aromatic heterocycles. The summed E-state index contributed by atoms with van der Waals surface area (Å²) in [4.78, 5) is 15.5. The average Bonchev–Trinajstić information content (AvgIpc) is 3.44. The number of aromatic amines is 1. The second-order valence-corrected chi connectivity index (χ2v) is 7.71. The van der Waals surface area contributed by atoms with Gasteiger partial charge in [-0.05, 0) is 44.0 Å². The van der Waals surface area contributed by atoms with Crippen LogP contribution in [-0.2, 0) is 11.3 Å². The number of ether oxygens (including phenoxy) is 1. The van der Waals surface area contributed by atoms with Crippen LogP contribution in [0.3, 0.4) is 0 Å².